The number of anilines is 1. The lowest BCUT2D eigenvalue weighted by Gasteiger charge is -2.37. The van der Waals surface area contributed by atoms with Crippen molar-refractivity contribution in [2.75, 3.05) is 50.7 Å². The summed E-state index contributed by atoms with van der Waals surface area (Å²) in [6.07, 6.45) is 3.95. The number of hydrogen-bond acceptors (Lipinski definition) is 6. The second kappa shape index (κ2) is 7.03. The van der Waals surface area contributed by atoms with Crippen LogP contribution in [0.5, 0.6) is 0 Å². The summed E-state index contributed by atoms with van der Waals surface area (Å²) in [5.41, 5.74) is 0. The molecule has 1 aromatic rings. The van der Waals surface area contributed by atoms with Crippen LogP contribution in [-0.4, -0.2) is 89.5 Å². The van der Waals surface area contributed by atoms with Gasteiger partial charge in [-0.1, -0.05) is 0 Å². The van der Waals surface area contributed by atoms with Crippen molar-refractivity contribution >= 4 is 11.9 Å². The zero-order chi connectivity index (χ0) is 18.1. The van der Waals surface area contributed by atoms with Gasteiger partial charge in [0.05, 0.1) is 12.6 Å². The van der Waals surface area contributed by atoms with Crippen LogP contribution < -0.4 is 10.2 Å². The topological polar surface area (TPSA) is 64.6 Å². The predicted octanol–water partition coefficient (Wildman–Crippen LogP) is 0.197. The lowest BCUT2D eigenvalue weighted by atomic mass is 10.1. The zero-order valence-corrected chi connectivity index (χ0v) is 14.7. The van der Waals surface area contributed by atoms with Crippen LogP contribution in [0.3, 0.4) is 0 Å². The second-order valence-corrected chi connectivity index (χ2v) is 7.29. The fraction of sp³-hybridized carbons (Fsp3) is 0.706. The van der Waals surface area contributed by atoms with E-state index in [1.807, 2.05) is 0 Å². The number of halogens is 2. The summed E-state index contributed by atoms with van der Waals surface area (Å²) in [5, 5.41) is 3.23. The van der Waals surface area contributed by atoms with Gasteiger partial charge in [-0.15, -0.1) is 0 Å². The van der Waals surface area contributed by atoms with Crippen LogP contribution in [0.4, 0.5) is 14.7 Å². The summed E-state index contributed by atoms with van der Waals surface area (Å²) < 4.78 is 26.7. The van der Waals surface area contributed by atoms with Crippen molar-refractivity contribution in [2.45, 2.75) is 30.8 Å². The van der Waals surface area contributed by atoms with Gasteiger partial charge in [0.15, 0.2) is 0 Å². The van der Waals surface area contributed by atoms with Gasteiger partial charge in [0.2, 0.25) is 11.9 Å². The summed E-state index contributed by atoms with van der Waals surface area (Å²) in [5.74, 6) is -2.16. The van der Waals surface area contributed by atoms with Crippen molar-refractivity contribution in [3.63, 3.8) is 0 Å². The molecule has 1 amide bonds. The van der Waals surface area contributed by atoms with Crippen LogP contribution in [0.15, 0.2) is 18.5 Å². The van der Waals surface area contributed by atoms with E-state index in [0.717, 1.165) is 38.7 Å². The van der Waals surface area contributed by atoms with Gasteiger partial charge in [-0.25, -0.2) is 18.7 Å². The van der Waals surface area contributed by atoms with Crippen molar-refractivity contribution in [2.24, 2.45) is 0 Å². The third kappa shape index (κ3) is 3.64. The summed E-state index contributed by atoms with van der Waals surface area (Å²) in [7, 11) is 0. The van der Waals surface area contributed by atoms with Crippen molar-refractivity contribution in [3.05, 3.63) is 18.5 Å². The maximum absolute atomic E-state index is 13.3. The van der Waals surface area contributed by atoms with E-state index in [9.17, 15) is 13.6 Å². The Bertz CT molecular complexity index is 637. The molecule has 1 aromatic heterocycles. The molecule has 0 spiro atoms. The lowest BCUT2D eigenvalue weighted by molar-refractivity contribution is -0.133. The Kier molecular flexibility index (Phi) is 4.74. The Labute approximate surface area is 151 Å². The van der Waals surface area contributed by atoms with Crippen LogP contribution >= 0.6 is 0 Å². The van der Waals surface area contributed by atoms with E-state index in [-0.39, 0.29) is 31.0 Å². The van der Waals surface area contributed by atoms with Gasteiger partial charge in [0.25, 0.3) is 5.92 Å². The van der Waals surface area contributed by atoms with E-state index < -0.39 is 12.5 Å². The Balaban J connectivity index is 1.28. The molecule has 142 valence electrons. The number of amides is 1. The van der Waals surface area contributed by atoms with E-state index >= 15 is 0 Å². The van der Waals surface area contributed by atoms with Crippen LogP contribution in [-0.2, 0) is 4.79 Å². The molecule has 3 aliphatic heterocycles. The Morgan fingerprint density at radius 2 is 1.88 bits per heavy atom. The van der Waals surface area contributed by atoms with Gasteiger partial charge < -0.3 is 15.1 Å². The normalized spacial score (nSPS) is 29.3. The third-order valence-electron chi connectivity index (χ3n) is 5.55. The number of likely N-dealkylation sites (tertiary alicyclic amines) is 1. The molecule has 3 aliphatic rings. The summed E-state index contributed by atoms with van der Waals surface area (Å²) >= 11 is 0. The first-order chi connectivity index (χ1) is 12.5. The number of alkyl halides is 2. The zero-order valence-electron chi connectivity index (χ0n) is 14.7. The van der Waals surface area contributed by atoms with Crippen molar-refractivity contribution in [1.29, 1.82) is 0 Å². The standard InChI is InChI=1S/C17H24F2N6O/c18-17(19)2-5-25(12-17)15(26)14-10-13(11-22-14)23-6-8-24(9-7-23)16-20-3-1-4-21-16/h1,3-4,13-14,22H,2,5-12H2/t13-,14-/m1/s1. The molecule has 4 rings (SSSR count). The lowest BCUT2D eigenvalue weighted by Crippen LogP contribution is -2.51. The Morgan fingerprint density at radius 1 is 1.15 bits per heavy atom. The SMILES string of the molecule is O=C([C@H]1C[C@@H](N2CCN(c3ncccn3)CC2)CN1)N1CCC(F)(F)C1. The van der Waals surface area contributed by atoms with Crippen LogP contribution in [0.2, 0.25) is 0 Å². The van der Waals surface area contributed by atoms with Crippen LogP contribution in [0, 0.1) is 0 Å². The molecular weight excluding hydrogens is 342 g/mol. The minimum absolute atomic E-state index is 0.157. The minimum atomic E-state index is -2.73. The number of rotatable bonds is 3. The van der Waals surface area contributed by atoms with Gasteiger partial charge in [-0.3, -0.25) is 9.69 Å². The first-order valence-electron chi connectivity index (χ1n) is 9.18. The van der Waals surface area contributed by atoms with E-state index in [4.69, 9.17) is 0 Å². The van der Waals surface area contributed by atoms with E-state index in [0.29, 0.717) is 6.42 Å². The minimum Gasteiger partial charge on any atom is -0.338 e. The average molecular weight is 366 g/mol. The highest BCUT2D eigenvalue weighted by Gasteiger charge is 2.43. The number of nitrogens with zero attached hydrogens (tertiary/aromatic N) is 5. The van der Waals surface area contributed by atoms with Crippen molar-refractivity contribution < 1.29 is 13.6 Å². The summed E-state index contributed by atoms with van der Waals surface area (Å²) in [6, 6.07) is 1.73. The molecular formula is C17H24F2N6O. The molecule has 26 heavy (non-hydrogen) atoms. The quantitative estimate of drug-likeness (QED) is 0.824. The molecule has 2 atom stereocenters. The first-order valence-corrected chi connectivity index (χ1v) is 9.18. The molecule has 0 unspecified atom stereocenters. The molecule has 3 fully saturated rings. The van der Waals surface area contributed by atoms with Gasteiger partial charge in [-0.2, -0.15) is 0 Å². The summed E-state index contributed by atoms with van der Waals surface area (Å²) in [4.78, 5) is 26.9. The van der Waals surface area contributed by atoms with Crippen molar-refractivity contribution in [3.8, 4) is 0 Å². The van der Waals surface area contributed by atoms with E-state index in [1.165, 1.54) is 4.90 Å². The largest absolute Gasteiger partial charge is 0.338 e. The molecule has 0 aliphatic carbocycles. The fourth-order valence-corrected chi connectivity index (χ4v) is 4.07. The first kappa shape index (κ1) is 17.5. The molecule has 4 heterocycles. The molecule has 1 N–H and O–H groups in total. The molecule has 9 heteroatoms. The number of carbonyl (C=O) groups excluding carboxylic acids is 1. The van der Waals surface area contributed by atoms with E-state index in [2.05, 4.69) is 25.1 Å². The molecule has 0 saturated carbocycles. The number of carbonyl (C=O) groups is 1. The third-order valence-corrected chi connectivity index (χ3v) is 5.55. The smallest absolute Gasteiger partial charge is 0.267 e. The number of aromatic nitrogens is 2. The number of piperazine rings is 1. The molecule has 0 bridgehead atoms. The van der Waals surface area contributed by atoms with Gasteiger partial charge in [0, 0.05) is 64.1 Å². The number of nitrogens with one attached hydrogen (secondary N) is 1. The highest BCUT2D eigenvalue weighted by Crippen LogP contribution is 2.28. The second-order valence-electron chi connectivity index (χ2n) is 7.29. The van der Waals surface area contributed by atoms with Gasteiger partial charge in [-0.05, 0) is 12.5 Å². The highest BCUT2D eigenvalue weighted by molar-refractivity contribution is 5.82. The highest BCUT2D eigenvalue weighted by atomic mass is 19.3. The molecule has 0 radical (unpaired) electrons. The Morgan fingerprint density at radius 3 is 2.54 bits per heavy atom. The van der Waals surface area contributed by atoms with E-state index in [1.54, 1.807) is 18.5 Å². The maximum atomic E-state index is 13.3. The monoisotopic (exact) mass is 366 g/mol. The average Bonchev–Trinajstić information content (AvgIpc) is 3.29. The molecule has 7 nitrogen and oxygen atoms in total. The fourth-order valence-electron chi connectivity index (χ4n) is 4.07. The molecule has 3 saturated heterocycles. The molecule has 0 aromatic carbocycles. The van der Waals surface area contributed by atoms with Gasteiger partial charge in [0.1, 0.15) is 0 Å². The predicted molar refractivity (Wildman–Crippen MR) is 92.2 cm³/mol. The van der Waals surface area contributed by atoms with Gasteiger partial charge >= 0.3 is 0 Å². The summed E-state index contributed by atoms with van der Waals surface area (Å²) in [6.45, 7) is 3.90. The Hall–Kier alpha value is -1.87. The van der Waals surface area contributed by atoms with Crippen LogP contribution in [0.25, 0.3) is 0 Å². The maximum Gasteiger partial charge on any atom is 0.267 e. The number of hydrogen-bond donors (Lipinski definition) is 1. The van der Waals surface area contributed by atoms with Crippen LogP contribution in [0.1, 0.15) is 12.8 Å². The van der Waals surface area contributed by atoms with Crippen molar-refractivity contribution in [1.82, 2.24) is 25.1 Å².